The highest BCUT2D eigenvalue weighted by Crippen LogP contribution is 2.55. The lowest BCUT2D eigenvalue weighted by atomic mass is 9.59. The van der Waals surface area contributed by atoms with Gasteiger partial charge in [-0.15, -0.1) is 0 Å². The second-order valence-electron chi connectivity index (χ2n) is 21.8. The number of aromatic amines is 1. The number of aliphatic hydroxyl groups excluding tert-OH is 1. The maximum Gasteiger partial charge on any atom is 0.297 e. The van der Waals surface area contributed by atoms with Crippen molar-refractivity contribution in [2.45, 2.75) is 132 Å². The standard InChI is InChI=1S/C54H64N8O9S/c1-32(2)39-6-3-4-7-40(39)43-8-5-20-60(43)36-28-54(29-36)17-21-59(22-18-54)35-11-14-41(44(25-35)61-46-24-34-15-19-55-51(34)57-53(46)71-48-16-23-69-31-47(48)61)52(64)58-72(67,68)38-26-45(62(65)66)50-49(27-38)70-30-42(56-50)33-9-12-37(63)13-10-33/h3-4,6-7,11,14-15,19,24-27,32-33,36-37,42-43,47-48,56,63H,5,8-10,12-13,16-18,20-23,28-31H2,1-2H3,(H,55,57)(H,58,64)/t33?,37?,42-,43-,47+,48-/m0/s1. The van der Waals surface area contributed by atoms with Crippen molar-refractivity contribution in [2.75, 3.05) is 54.6 Å². The van der Waals surface area contributed by atoms with Crippen molar-refractivity contribution in [3.8, 4) is 11.6 Å². The van der Waals surface area contributed by atoms with E-state index in [2.05, 4.69) is 62.9 Å². The van der Waals surface area contributed by atoms with Crippen molar-refractivity contribution in [2.24, 2.45) is 11.3 Å². The van der Waals surface area contributed by atoms with Crippen LogP contribution in [0.25, 0.3) is 11.0 Å². The summed E-state index contributed by atoms with van der Waals surface area (Å²) in [7, 11) is -4.70. The lowest BCUT2D eigenvalue weighted by molar-refractivity contribution is -0.384. The quantitative estimate of drug-likeness (QED) is 0.0764. The highest BCUT2D eigenvalue weighted by molar-refractivity contribution is 7.90. The molecule has 380 valence electrons. The Hall–Kier alpha value is -5.95. The fourth-order valence-electron chi connectivity index (χ4n) is 13.3. The predicted molar refractivity (Wildman–Crippen MR) is 273 cm³/mol. The molecule has 4 N–H and O–H groups in total. The second kappa shape index (κ2) is 18.5. The second-order valence-corrected chi connectivity index (χ2v) is 23.4. The number of fused-ring (bicyclic) bond motifs is 4. The van der Waals surface area contributed by atoms with Gasteiger partial charge in [-0.05, 0) is 129 Å². The molecule has 5 aliphatic heterocycles. The molecule has 7 heterocycles. The summed E-state index contributed by atoms with van der Waals surface area (Å²) >= 11 is 0. The van der Waals surface area contributed by atoms with Gasteiger partial charge in [0.25, 0.3) is 21.6 Å². The summed E-state index contributed by atoms with van der Waals surface area (Å²) in [4.78, 5) is 41.5. The normalized spacial score (nSPS) is 26.2. The SMILES string of the molecule is CC(C)c1ccccc1[C@@H]1CCCN1C1CC2(CCN(c3ccc(C(=O)NS(=O)(=O)c4cc5c(c([N+](=O)[O-])c4)N[C@H](C4CCC(O)CC4)CO5)c(N4c5cc6cc[nH]c6nc5O[C@H]5CCOC[C@H]54)c3)CC2)C1. The predicted octanol–water partition coefficient (Wildman–Crippen LogP) is 8.71. The van der Waals surface area contributed by atoms with Crippen molar-refractivity contribution in [1.82, 2.24) is 19.6 Å². The minimum absolute atomic E-state index is 0.0133. The third kappa shape index (κ3) is 8.50. The van der Waals surface area contributed by atoms with Crippen LogP contribution >= 0.6 is 0 Å². The molecule has 1 spiro atoms. The zero-order valence-corrected chi connectivity index (χ0v) is 41.7. The van der Waals surface area contributed by atoms with E-state index in [1.165, 1.54) is 42.9 Å². The average Bonchev–Trinajstić information content (AvgIpc) is 4.06. The zero-order chi connectivity index (χ0) is 49.5. The van der Waals surface area contributed by atoms with Gasteiger partial charge in [0.2, 0.25) is 5.88 Å². The van der Waals surface area contributed by atoms with Gasteiger partial charge < -0.3 is 39.4 Å². The van der Waals surface area contributed by atoms with E-state index in [0.717, 1.165) is 62.5 Å². The lowest BCUT2D eigenvalue weighted by Crippen LogP contribution is -2.55. The summed E-state index contributed by atoms with van der Waals surface area (Å²) in [6.45, 7) is 8.35. The molecule has 2 aromatic heterocycles. The first-order chi connectivity index (χ1) is 34.8. The molecule has 5 fully saturated rings. The van der Waals surface area contributed by atoms with Crippen molar-refractivity contribution < 1.29 is 37.5 Å². The number of sulfonamides is 1. The number of amides is 1. The Morgan fingerprint density at radius 2 is 1.76 bits per heavy atom. The summed E-state index contributed by atoms with van der Waals surface area (Å²) < 4.78 is 49.7. The fraction of sp³-hybridized carbons (Fsp3) is 0.519. The van der Waals surface area contributed by atoms with Crippen LogP contribution in [0.15, 0.2) is 77.8 Å². The number of ether oxygens (including phenoxy) is 3. The number of anilines is 4. The number of H-pyrrole nitrogens is 1. The molecule has 1 amide bonds. The number of likely N-dealkylation sites (tertiary alicyclic amines) is 1. The number of pyridine rings is 1. The van der Waals surface area contributed by atoms with Gasteiger partial charge in [-0.3, -0.25) is 19.8 Å². The minimum Gasteiger partial charge on any atom is -0.489 e. The number of benzene rings is 3. The van der Waals surface area contributed by atoms with Crippen LogP contribution in [0, 0.1) is 21.4 Å². The largest absolute Gasteiger partial charge is 0.489 e. The van der Waals surface area contributed by atoms with Crippen LogP contribution in [0.4, 0.5) is 28.4 Å². The average molecular weight is 1000 g/mol. The van der Waals surface area contributed by atoms with E-state index < -0.39 is 31.4 Å². The molecule has 3 saturated heterocycles. The van der Waals surface area contributed by atoms with E-state index in [1.807, 2.05) is 35.4 Å². The van der Waals surface area contributed by atoms with Crippen LogP contribution in [0.2, 0.25) is 0 Å². The number of aliphatic hydroxyl groups is 1. The van der Waals surface area contributed by atoms with Crippen LogP contribution in [0.1, 0.15) is 118 Å². The van der Waals surface area contributed by atoms with Gasteiger partial charge >= 0.3 is 0 Å². The minimum atomic E-state index is -4.70. The molecule has 0 unspecified atom stereocenters. The van der Waals surface area contributed by atoms with E-state index in [9.17, 15) is 28.4 Å². The maximum atomic E-state index is 14.8. The maximum absolute atomic E-state index is 14.8. The Balaban J connectivity index is 0.834. The molecule has 17 nitrogen and oxygen atoms in total. The first-order valence-electron chi connectivity index (χ1n) is 26.0. The van der Waals surface area contributed by atoms with E-state index in [0.29, 0.717) is 73.4 Å². The van der Waals surface area contributed by atoms with Gasteiger partial charge in [-0.25, -0.2) is 13.1 Å². The molecular formula is C54H64N8O9S. The van der Waals surface area contributed by atoms with Crippen LogP contribution in [-0.2, 0) is 14.8 Å². The molecule has 5 aromatic rings. The topological polar surface area (TPSA) is 205 Å². The molecule has 7 aliphatic rings. The molecule has 2 saturated carbocycles. The van der Waals surface area contributed by atoms with Crippen molar-refractivity contribution in [3.63, 3.8) is 0 Å². The van der Waals surface area contributed by atoms with E-state index in [-0.39, 0.29) is 59.2 Å². The molecule has 0 radical (unpaired) electrons. The first kappa shape index (κ1) is 47.1. The summed E-state index contributed by atoms with van der Waals surface area (Å²) in [6, 6.07) is 21.1. The van der Waals surface area contributed by atoms with Gasteiger partial charge in [-0.2, -0.15) is 4.98 Å². The number of carbonyl (C=O) groups is 1. The van der Waals surface area contributed by atoms with Gasteiger partial charge in [0.15, 0.2) is 11.4 Å². The molecule has 18 heteroatoms. The number of nitro benzene ring substituents is 1. The smallest absolute Gasteiger partial charge is 0.297 e. The van der Waals surface area contributed by atoms with Crippen LogP contribution in [-0.4, -0.2) is 109 Å². The van der Waals surface area contributed by atoms with E-state index >= 15 is 0 Å². The summed E-state index contributed by atoms with van der Waals surface area (Å²) in [5.41, 5.74) is 5.60. The molecule has 3 aromatic carbocycles. The third-order valence-electron chi connectivity index (χ3n) is 17.2. The Bertz CT molecular complexity index is 3010. The Kier molecular flexibility index (Phi) is 12.1. The molecule has 12 rings (SSSR count). The van der Waals surface area contributed by atoms with Gasteiger partial charge in [-0.1, -0.05) is 38.1 Å². The van der Waals surface area contributed by atoms with Crippen molar-refractivity contribution >= 4 is 55.4 Å². The number of nitrogens with zero attached hydrogens (tertiary/aromatic N) is 5. The molecule has 2 aliphatic carbocycles. The van der Waals surface area contributed by atoms with Crippen molar-refractivity contribution in [1.29, 1.82) is 0 Å². The Labute approximate surface area is 419 Å². The number of rotatable bonds is 10. The number of carbonyl (C=O) groups excluding carboxylic acids is 1. The molecule has 0 bridgehead atoms. The number of aromatic nitrogens is 2. The fourth-order valence-corrected chi connectivity index (χ4v) is 14.3. The Morgan fingerprint density at radius 1 is 0.958 bits per heavy atom. The monoisotopic (exact) mass is 1000 g/mol. The van der Waals surface area contributed by atoms with Gasteiger partial charge in [0.05, 0.1) is 52.5 Å². The first-order valence-corrected chi connectivity index (χ1v) is 27.5. The lowest BCUT2D eigenvalue weighted by Gasteiger charge is -2.56. The van der Waals surface area contributed by atoms with Crippen molar-refractivity contribution in [3.05, 3.63) is 99.7 Å². The molecule has 72 heavy (non-hydrogen) atoms. The highest BCUT2D eigenvalue weighted by atomic mass is 32.2. The summed E-state index contributed by atoms with van der Waals surface area (Å²) in [5, 5.41) is 26.7. The van der Waals surface area contributed by atoms with E-state index in [4.69, 9.17) is 19.2 Å². The molecular weight excluding hydrogens is 937 g/mol. The molecule has 4 atom stereocenters. The van der Waals surface area contributed by atoms with Crippen LogP contribution in [0.5, 0.6) is 11.6 Å². The third-order valence-corrected chi connectivity index (χ3v) is 18.5. The zero-order valence-electron chi connectivity index (χ0n) is 40.9. The van der Waals surface area contributed by atoms with Gasteiger partial charge in [0.1, 0.15) is 24.0 Å². The van der Waals surface area contributed by atoms with E-state index in [1.54, 1.807) is 6.07 Å². The van der Waals surface area contributed by atoms with Crippen LogP contribution < -0.4 is 29.3 Å². The summed E-state index contributed by atoms with van der Waals surface area (Å²) in [6.07, 6.45) is 11.3. The highest BCUT2D eigenvalue weighted by Gasteiger charge is 2.50. The number of nitro groups is 1. The van der Waals surface area contributed by atoms with Crippen LogP contribution in [0.3, 0.4) is 0 Å². The number of piperidine rings is 1. The number of nitrogens with one attached hydrogen (secondary N) is 3. The summed E-state index contributed by atoms with van der Waals surface area (Å²) in [5.74, 6) is 0.110. The van der Waals surface area contributed by atoms with Gasteiger partial charge in [0, 0.05) is 61.0 Å². The number of hydrogen-bond acceptors (Lipinski definition) is 14. The number of hydrogen-bond donors (Lipinski definition) is 4. The Morgan fingerprint density at radius 3 is 2.56 bits per heavy atom.